The standard InChI is InChI=1S/C21H22BF3N2O4S/c1-13-6-8-15(9-7-13)32(28,29)27-12-17(22-30-19(2,3)20(4,5)31-22)16-10-14(21(23,24)25)11-26-18(16)27/h6-12H,1-5H3. The van der Waals surface area contributed by atoms with Gasteiger partial charge >= 0.3 is 13.3 Å². The highest BCUT2D eigenvalue weighted by atomic mass is 32.2. The van der Waals surface area contributed by atoms with Gasteiger partial charge in [0, 0.05) is 23.2 Å². The fourth-order valence-electron chi connectivity index (χ4n) is 3.42. The van der Waals surface area contributed by atoms with Crippen LogP contribution in [0.2, 0.25) is 0 Å². The van der Waals surface area contributed by atoms with Gasteiger partial charge in [-0.05, 0) is 52.8 Å². The zero-order chi connectivity index (χ0) is 23.7. The van der Waals surface area contributed by atoms with Crippen LogP contribution in [0.25, 0.3) is 11.0 Å². The molecular formula is C21H22BF3N2O4S. The second-order valence-corrected chi connectivity index (χ2v) is 10.7. The predicted molar refractivity (Wildman–Crippen MR) is 114 cm³/mol. The van der Waals surface area contributed by atoms with Crippen molar-refractivity contribution in [2.45, 2.75) is 56.9 Å². The van der Waals surface area contributed by atoms with Gasteiger partial charge in [0.1, 0.15) is 0 Å². The molecule has 0 N–H and O–H groups in total. The van der Waals surface area contributed by atoms with E-state index < -0.39 is 40.1 Å². The van der Waals surface area contributed by atoms with E-state index >= 15 is 0 Å². The molecule has 0 radical (unpaired) electrons. The Bertz CT molecular complexity index is 1280. The van der Waals surface area contributed by atoms with E-state index in [1.807, 2.05) is 6.92 Å². The molecule has 1 aromatic carbocycles. The van der Waals surface area contributed by atoms with Crippen LogP contribution in [0.1, 0.15) is 38.8 Å². The maximum absolute atomic E-state index is 13.4. The van der Waals surface area contributed by atoms with E-state index in [-0.39, 0.29) is 21.4 Å². The average Bonchev–Trinajstić information content (AvgIpc) is 3.15. The van der Waals surface area contributed by atoms with Crippen molar-refractivity contribution in [3.8, 4) is 0 Å². The van der Waals surface area contributed by atoms with Crippen molar-refractivity contribution in [3.05, 3.63) is 53.9 Å². The molecule has 0 amide bonds. The van der Waals surface area contributed by atoms with Gasteiger partial charge in [0.25, 0.3) is 10.0 Å². The van der Waals surface area contributed by atoms with Crippen LogP contribution in [0.4, 0.5) is 13.2 Å². The fourth-order valence-corrected chi connectivity index (χ4v) is 4.76. The number of aromatic nitrogens is 2. The molecular weight excluding hydrogens is 444 g/mol. The first-order chi connectivity index (χ1) is 14.6. The van der Waals surface area contributed by atoms with Crippen molar-refractivity contribution in [2.75, 3.05) is 0 Å². The number of hydrogen-bond donors (Lipinski definition) is 0. The zero-order valence-corrected chi connectivity index (χ0v) is 19.0. The molecule has 1 saturated heterocycles. The van der Waals surface area contributed by atoms with Crippen molar-refractivity contribution in [3.63, 3.8) is 0 Å². The Morgan fingerprint density at radius 2 is 1.59 bits per heavy atom. The lowest BCUT2D eigenvalue weighted by Crippen LogP contribution is -2.41. The molecule has 0 saturated carbocycles. The summed E-state index contributed by atoms with van der Waals surface area (Å²) >= 11 is 0. The minimum absolute atomic E-state index is 0.00554. The summed E-state index contributed by atoms with van der Waals surface area (Å²) in [5.41, 5.74) is -1.63. The minimum atomic E-state index is -4.65. The fraction of sp³-hybridized carbons (Fsp3) is 0.381. The number of nitrogens with zero attached hydrogens (tertiary/aromatic N) is 2. The first kappa shape index (κ1) is 22.8. The molecule has 0 spiro atoms. The SMILES string of the molecule is Cc1ccc(S(=O)(=O)n2cc(B3OC(C)(C)C(C)(C)O3)c3cc(C(F)(F)F)cnc32)cc1. The van der Waals surface area contributed by atoms with Gasteiger partial charge in [0.2, 0.25) is 0 Å². The van der Waals surface area contributed by atoms with Gasteiger partial charge < -0.3 is 9.31 Å². The smallest absolute Gasteiger partial charge is 0.399 e. The molecule has 0 aliphatic carbocycles. The van der Waals surface area contributed by atoms with Crippen LogP contribution in [0.3, 0.4) is 0 Å². The van der Waals surface area contributed by atoms with Crippen molar-refractivity contribution in [1.82, 2.24) is 8.96 Å². The van der Waals surface area contributed by atoms with Gasteiger partial charge in [-0.2, -0.15) is 13.2 Å². The third-order valence-electron chi connectivity index (χ3n) is 6.06. The van der Waals surface area contributed by atoms with E-state index in [2.05, 4.69) is 4.98 Å². The van der Waals surface area contributed by atoms with Crippen molar-refractivity contribution < 1.29 is 30.9 Å². The van der Waals surface area contributed by atoms with E-state index in [0.29, 0.717) is 6.20 Å². The van der Waals surface area contributed by atoms with Crippen molar-refractivity contribution >= 4 is 33.6 Å². The van der Waals surface area contributed by atoms with Crippen LogP contribution < -0.4 is 5.46 Å². The van der Waals surface area contributed by atoms with Gasteiger partial charge in [-0.25, -0.2) is 17.4 Å². The molecule has 11 heteroatoms. The lowest BCUT2D eigenvalue weighted by atomic mass is 9.79. The summed E-state index contributed by atoms with van der Waals surface area (Å²) in [5, 5.41) is -0.00554. The highest BCUT2D eigenvalue weighted by molar-refractivity contribution is 7.90. The summed E-state index contributed by atoms with van der Waals surface area (Å²) in [6.07, 6.45) is -2.79. The number of aryl methyl sites for hydroxylation is 1. The quantitative estimate of drug-likeness (QED) is 0.548. The molecule has 6 nitrogen and oxygen atoms in total. The molecule has 3 aromatic rings. The molecule has 0 atom stereocenters. The number of pyridine rings is 1. The van der Waals surface area contributed by atoms with Gasteiger partial charge in [0.15, 0.2) is 5.65 Å². The van der Waals surface area contributed by atoms with Gasteiger partial charge in [-0.1, -0.05) is 17.7 Å². The Labute approximate surface area is 184 Å². The van der Waals surface area contributed by atoms with Crippen molar-refractivity contribution in [2.24, 2.45) is 0 Å². The molecule has 1 aliphatic rings. The summed E-state index contributed by atoms with van der Waals surface area (Å²) in [5.74, 6) is 0. The lowest BCUT2D eigenvalue weighted by Gasteiger charge is -2.32. The maximum Gasteiger partial charge on any atom is 0.497 e. The summed E-state index contributed by atoms with van der Waals surface area (Å²) < 4.78 is 79.7. The van der Waals surface area contributed by atoms with Crippen LogP contribution in [-0.2, 0) is 25.5 Å². The van der Waals surface area contributed by atoms with Crippen molar-refractivity contribution in [1.29, 1.82) is 0 Å². The largest absolute Gasteiger partial charge is 0.497 e. The normalized spacial score (nSPS) is 18.4. The molecule has 3 heterocycles. The van der Waals surface area contributed by atoms with E-state index in [4.69, 9.17) is 9.31 Å². The van der Waals surface area contributed by atoms with Crippen LogP contribution in [0.5, 0.6) is 0 Å². The molecule has 32 heavy (non-hydrogen) atoms. The summed E-state index contributed by atoms with van der Waals surface area (Å²) in [6.45, 7) is 9.02. The molecule has 4 rings (SSSR count). The predicted octanol–water partition coefficient (Wildman–Crippen LogP) is 3.90. The lowest BCUT2D eigenvalue weighted by molar-refractivity contribution is -0.137. The molecule has 1 fully saturated rings. The molecule has 0 bridgehead atoms. The summed E-state index contributed by atoms with van der Waals surface area (Å²) in [4.78, 5) is 3.86. The van der Waals surface area contributed by atoms with Gasteiger partial charge in [0.05, 0.1) is 21.7 Å². The molecule has 0 unspecified atom stereocenters. The Hall–Kier alpha value is -2.37. The highest BCUT2D eigenvalue weighted by Gasteiger charge is 2.53. The van der Waals surface area contributed by atoms with Crippen LogP contribution in [0.15, 0.2) is 47.6 Å². The van der Waals surface area contributed by atoms with Gasteiger partial charge in [-0.3, -0.25) is 0 Å². The summed E-state index contributed by atoms with van der Waals surface area (Å²) in [6, 6.07) is 7.04. The summed E-state index contributed by atoms with van der Waals surface area (Å²) in [7, 11) is -5.20. The monoisotopic (exact) mass is 466 g/mol. The highest BCUT2D eigenvalue weighted by Crippen LogP contribution is 2.38. The van der Waals surface area contributed by atoms with E-state index in [0.717, 1.165) is 15.6 Å². The van der Waals surface area contributed by atoms with E-state index in [1.54, 1.807) is 39.8 Å². The second-order valence-electron chi connectivity index (χ2n) is 8.88. The number of halogens is 3. The topological polar surface area (TPSA) is 70.4 Å². The maximum atomic E-state index is 13.4. The Kier molecular flexibility index (Phi) is 5.04. The molecule has 1 aliphatic heterocycles. The van der Waals surface area contributed by atoms with Crippen LogP contribution in [0, 0.1) is 6.92 Å². The number of alkyl halides is 3. The van der Waals surface area contributed by atoms with Gasteiger partial charge in [-0.15, -0.1) is 0 Å². The Morgan fingerprint density at radius 3 is 2.12 bits per heavy atom. The van der Waals surface area contributed by atoms with Crippen LogP contribution >= 0.6 is 0 Å². The Balaban J connectivity index is 1.95. The van der Waals surface area contributed by atoms with Crippen LogP contribution in [-0.4, -0.2) is 35.7 Å². The number of benzene rings is 1. The van der Waals surface area contributed by atoms with E-state index in [9.17, 15) is 21.6 Å². The number of rotatable bonds is 3. The first-order valence-corrected chi connectivity index (χ1v) is 11.3. The minimum Gasteiger partial charge on any atom is -0.399 e. The Morgan fingerprint density at radius 1 is 1.03 bits per heavy atom. The number of fused-ring (bicyclic) bond motifs is 1. The zero-order valence-electron chi connectivity index (χ0n) is 18.2. The molecule has 170 valence electrons. The third kappa shape index (κ3) is 3.62. The van der Waals surface area contributed by atoms with E-state index in [1.165, 1.54) is 18.3 Å². The number of hydrogen-bond acceptors (Lipinski definition) is 5. The second kappa shape index (κ2) is 7.07. The molecule has 2 aromatic heterocycles. The average molecular weight is 466 g/mol. The first-order valence-electron chi connectivity index (χ1n) is 9.89. The third-order valence-corrected chi connectivity index (χ3v) is 7.72.